The van der Waals surface area contributed by atoms with E-state index in [0.29, 0.717) is 16.0 Å². The van der Waals surface area contributed by atoms with Crippen molar-refractivity contribution in [3.05, 3.63) is 46.2 Å². The van der Waals surface area contributed by atoms with Gasteiger partial charge in [-0.15, -0.1) is 0 Å². The van der Waals surface area contributed by atoms with E-state index in [4.69, 9.17) is 23.2 Å². The molecule has 2 aromatic rings. The van der Waals surface area contributed by atoms with Crippen LogP contribution < -0.4 is 5.32 Å². The summed E-state index contributed by atoms with van der Waals surface area (Å²) < 4.78 is 1.80. The number of halogens is 2. The molecule has 2 rings (SSSR count). The summed E-state index contributed by atoms with van der Waals surface area (Å²) in [6.45, 7) is 6.53. The summed E-state index contributed by atoms with van der Waals surface area (Å²) in [5.41, 5.74) is 2.07. The summed E-state index contributed by atoms with van der Waals surface area (Å²) in [7, 11) is 0. The number of aryl methyl sites for hydroxylation is 1. The molecule has 1 N–H and O–H groups in total. The van der Waals surface area contributed by atoms with Crippen LogP contribution >= 0.6 is 23.2 Å². The highest BCUT2D eigenvalue weighted by Crippen LogP contribution is 2.24. The Morgan fingerprint density at radius 3 is 2.81 bits per heavy atom. The van der Waals surface area contributed by atoms with Gasteiger partial charge in [0.1, 0.15) is 0 Å². The first-order chi connectivity index (χ1) is 10.1. The van der Waals surface area contributed by atoms with Crippen molar-refractivity contribution in [3.63, 3.8) is 0 Å². The van der Waals surface area contributed by atoms with Gasteiger partial charge in [0.15, 0.2) is 0 Å². The number of hydrogen-bond donors (Lipinski definition) is 1. The minimum absolute atomic E-state index is 0.607. The minimum atomic E-state index is 0.607. The third-order valence-corrected chi connectivity index (χ3v) is 3.70. The molecule has 1 aromatic carbocycles. The van der Waals surface area contributed by atoms with E-state index < -0.39 is 0 Å². The van der Waals surface area contributed by atoms with Crippen LogP contribution in [0.4, 0.5) is 0 Å². The van der Waals surface area contributed by atoms with Crippen molar-refractivity contribution in [3.8, 4) is 5.69 Å². The van der Waals surface area contributed by atoms with Gasteiger partial charge in [-0.05, 0) is 55.6 Å². The van der Waals surface area contributed by atoms with E-state index in [-0.39, 0.29) is 0 Å². The van der Waals surface area contributed by atoms with Gasteiger partial charge in [0, 0.05) is 11.2 Å². The SMILES string of the molecule is CC(C)CNCCCc1cnn(-c2ccc(Cl)cc2Cl)c1. The summed E-state index contributed by atoms with van der Waals surface area (Å²) in [5.74, 6) is 0.694. The Bertz CT molecular complexity index is 579. The predicted molar refractivity (Wildman–Crippen MR) is 89.6 cm³/mol. The molecule has 1 aromatic heterocycles. The van der Waals surface area contributed by atoms with Gasteiger partial charge in [-0.2, -0.15) is 5.10 Å². The van der Waals surface area contributed by atoms with E-state index >= 15 is 0 Å². The van der Waals surface area contributed by atoms with Crippen LogP contribution in [0.5, 0.6) is 0 Å². The van der Waals surface area contributed by atoms with Gasteiger partial charge in [0.2, 0.25) is 0 Å². The molecular formula is C16H21Cl2N3. The molecule has 0 spiro atoms. The fraction of sp³-hybridized carbons (Fsp3) is 0.438. The summed E-state index contributed by atoms with van der Waals surface area (Å²) >= 11 is 12.1. The highest BCUT2D eigenvalue weighted by molar-refractivity contribution is 6.35. The lowest BCUT2D eigenvalue weighted by atomic mass is 10.2. The third-order valence-electron chi connectivity index (χ3n) is 3.16. The Kier molecular flexibility index (Phi) is 6.09. The number of benzene rings is 1. The maximum absolute atomic E-state index is 6.19. The third kappa shape index (κ3) is 5.03. The molecule has 0 fully saturated rings. The molecule has 1 heterocycles. The first kappa shape index (κ1) is 16.3. The Hall–Kier alpha value is -1.03. The lowest BCUT2D eigenvalue weighted by Crippen LogP contribution is -2.20. The Balaban J connectivity index is 1.89. The van der Waals surface area contributed by atoms with Crippen LogP contribution in [0.25, 0.3) is 5.69 Å². The fourth-order valence-electron chi connectivity index (χ4n) is 2.10. The fourth-order valence-corrected chi connectivity index (χ4v) is 2.59. The van der Waals surface area contributed by atoms with Crippen molar-refractivity contribution < 1.29 is 0 Å². The Labute approximate surface area is 136 Å². The van der Waals surface area contributed by atoms with Gasteiger partial charge in [0.05, 0.1) is 16.9 Å². The minimum Gasteiger partial charge on any atom is -0.316 e. The largest absolute Gasteiger partial charge is 0.316 e. The van der Waals surface area contributed by atoms with Crippen LogP contribution in [0.15, 0.2) is 30.6 Å². The number of rotatable bonds is 7. The first-order valence-electron chi connectivity index (χ1n) is 7.26. The molecule has 3 nitrogen and oxygen atoms in total. The van der Waals surface area contributed by atoms with Crippen molar-refractivity contribution in [2.75, 3.05) is 13.1 Å². The average molecular weight is 326 g/mol. The van der Waals surface area contributed by atoms with Gasteiger partial charge in [-0.25, -0.2) is 4.68 Å². The molecule has 0 saturated heterocycles. The average Bonchev–Trinajstić information content (AvgIpc) is 2.86. The number of nitrogens with zero attached hydrogens (tertiary/aromatic N) is 2. The lowest BCUT2D eigenvalue weighted by molar-refractivity contribution is 0.543. The van der Waals surface area contributed by atoms with Crippen molar-refractivity contribution in [1.82, 2.24) is 15.1 Å². The lowest BCUT2D eigenvalue weighted by Gasteiger charge is -2.06. The van der Waals surface area contributed by atoms with Crippen LogP contribution in [-0.4, -0.2) is 22.9 Å². The number of nitrogens with one attached hydrogen (secondary N) is 1. The molecule has 0 aliphatic rings. The standard InChI is InChI=1S/C16H21Cl2N3/c1-12(2)9-19-7-3-4-13-10-20-21(11-13)16-6-5-14(17)8-15(16)18/h5-6,8,10-12,19H,3-4,7,9H2,1-2H3. The van der Waals surface area contributed by atoms with E-state index in [1.54, 1.807) is 10.7 Å². The summed E-state index contributed by atoms with van der Waals surface area (Å²) in [6, 6.07) is 5.43. The van der Waals surface area contributed by atoms with Crippen LogP contribution in [0.2, 0.25) is 10.0 Å². The molecule has 0 unspecified atom stereocenters. The summed E-state index contributed by atoms with van der Waals surface area (Å²) in [4.78, 5) is 0. The van der Waals surface area contributed by atoms with Crippen LogP contribution in [-0.2, 0) is 6.42 Å². The molecule has 114 valence electrons. The molecule has 0 aliphatic heterocycles. The molecular weight excluding hydrogens is 305 g/mol. The quantitative estimate of drug-likeness (QED) is 0.766. The van der Waals surface area contributed by atoms with Crippen molar-refractivity contribution in [2.45, 2.75) is 26.7 Å². The van der Waals surface area contributed by atoms with Gasteiger partial charge < -0.3 is 5.32 Å². The van der Waals surface area contributed by atoms with Crippen LogP contribution in [0.3, 0.4) is 0 Å². The van der Waals surface area contributed by atoms with E-state index in [9.17, 15) is 0 Å². The maximum atomic E-state index is 6.19. The van der Waals surface area contributed by atoms with Crippen LogP contribution in [0.1, 0.15) is 25.8 Å². The van der Waals surface area contributed by atoms with Crippen molar-refractivity contribution in [2.24, 2.45) is 5.92 Å². The van der Waals surface area contributed by atoms with Gasteiger partial charge in [-0.3, -0.25) is 0 Å². The van der Waals surface area contributed by atoms with Gasteiger partial charge in [-0.1, -0.05) is 37.0 Å². The molecule has 0 saturated carbocycles. The van der Waals surface area contributed by atoms with Crippen molar-refractivity contribution in [1.29, 1.82) is 0 Å². The van der Waals surface area contributed by atoms with Crippen molar-refractivity contribution >= 4 is 23.2 Å². The topological polar surface area (TPSA) is 29.9 Å². The van der Waals surface area contributed by atoms with Gasteiger partial charge in [0.25, 0.3) is 0 Å². The molecule has 0 atom stereocenters. The molecule has 5 heteroatoms. The first-order valence-corrected chi connectivity index (χ1v) is 8.01. The monoisotopic (exact) mass is 325 g/mol. The summed E-state index contributed by atoms with van der Waals surface area (Å²) in [6.07, 6.45) is 6.04. The normalized spacial score (nSPS) is 11.3. The van der Waals surface area contributed by atoms with E-state index in [1.165, 1.54) is 5.56 Å². The predicted octanol–water partition coefficient (Wildman–Crippen LogP) is 4.36. The molecule has 0 bridgehead atoms. The maximum Gasteiger partial charge on any atom is 0.0832 e. The highest BCUT2D eigenvalue weighted by Gasteiger charge is 2.06. The van der Waals surface area contributed by atoms with E-state index in [2.05, 4.69) is 24.3 Å². The molecule has 0 aliphatic carbocycles. The van der Waals surface area contributed by atoms with Gasteiger partial charge >= 0.3 is 0 Å². The number of aromatic nitrogens is 2. The second-order valence-corrected chi connectivity index (χ2v) is 6.43. The molecule has 0 amide bonds. The van der Waals surface area contributed by atoms with E-state index in [0.717, 1.165) is 31.6 Å². The summed E-state index contributed by atoms with van der Waals surface area (Å²) in [5, 5.41) is 9.06. The molecule has 0 radical (unpaired) electrons. The number of hydrogen-bond acceptors (Lipinski definition) is 2. The Morgan fingerprint density at radius 2 is 2.10 bits per heavy atom. The second kappa shape index (κ2) is 7.83. The second-order valence-electron chi connectivity index (χ2n) is 5.59. The smallest absolute Gasteiger partial charge is 0.0832 e. The Morgan fingerprint density at radius 1 is 1.29 bits per heavy atom. The molecule has 21 heavy (non-hydrogen) atoms. The highest BCUT2D eigenvalue weighted by atomic mass is 35.5. The van der Waals surface area contributed by atoms with E-state index in [1.807, 2.05) is 24.5 Å². The van der Waals surface area contributed by atoms with Crippen LogP contribution in [0, 0.1) is 5.92 Å². The zero-order valence-corrected chi connectivity index (χ0v) is 14.0. The zero-order chi connectivity index (χ0) is 15.2. The zero-order valence-electron chi connectivity index (χ0n) is 12.4.